The van der Waals surface area contributed by atoms with Gasteiger partial charge in [-0.1, -0.05) is 0 Å². The molecule has 18 heavy (non-hydrogen) atoms. The lowest BCUT2D eigenvalue weighted by Crippen LogP contribution is -2.28. The summed E-state index contributed by atoms with van der Waals surface area (Å²) < 4.78 is 51.6. The number of halogens is 2. The van der Waals surface area contributed by atoms with Crippen LogP contribution in [0, 0.1) is 0 Å². The van der Waals surface area contributed by atoms with Gasteiger partial charge in [-0.3, -0.25) is 9.36 Å². The molecule has 5 nitrogen and oxygen atoms in total. The predicted octanol–water partition coefficient (Wildman–Crippen LogP) is 2.84. The van der Waals surface area contributed by atoms with Crippen LogP contribution in [0.4, 0.5) is 8.78 Å². The third kappa shape index (κ3) is 5.42. The smallest absolute Gasteiger partial charge is 0.345 e. The molecule has 0 aromatic carbocycles. The fourth-order valence-corrected chi connectivity index (χ4v) is 3.24. The lowest BCUT2D eigenvalue weighted by molar-refractivity contribution is -0.144. The summed E-state index contributed by atoms with van der Waals surface area (Å²) in [4.78, 5) is 11.6. The molecule has 0 radical (unpaired) electrons. The van der Waals surface area contributed by atoms with Gasteiger partial charge in [0.1, 0.15) is 0 Å². The minimum absolute atomic E-state index is 0.00355. The number of carbonyl (C=O) groups excluding carboxylic acids is 1. The van der Waals surface area contributed by atoms with Crippen molar-refractivity contribution in [3.05, 3.63) is 0 Å². The van der Waals surface area contributed by atoms with E-state index in [-0.39, 0.29) is 19.8 Å². The number of alkyl halides is 2. The zero-order valence-corrected chi connectivity index (χ0v) is 11.6. The monoisotopic (exact) mass is 288 g/mol. The highest BCUT2D eigenvalue weighted by Crippen LogP contribution is 2.55. The molecule has 0 aliphatic carbocycles. The number of hydrogen-bond acceptors (Lipinski definition) is 5. The van der Waals surface area contributed by atoms with Crippen LogP contribution in [-0.4, -0.2) is 37.9 Å². The first kappa shape index (κ1) is 17.5. The van der Waals surface area contributed by atoms with Crippen LogP contribution in [0.2, 0.25) is 0 Å². The first-order chi connectivity index (χ1) is 8.41. The van der Waals surface area contributed by atoms with E-state index in [0.29, 0.717) is 0 Å². The molecule has 0 N–H and O–H groups in total. The van der Waals surface area contributed by atoms with Crippen LogP contribution in [0.3, 0.4) is 0 Å². The van der Waals surface area contributed by atoms with E-state index >= 15 is 0 Å². The Labute approximate surface area is 105 Å². The molecule has 108 valence electrons. The summed E-state index contributed by atoms with van der Waals surface area (Å²) in [5.41, 5.74) is -1.59. The fraction of sp³-hybridized carbons (Fsp3) is 0.900. The van der Waals surface area contributed by atoms with Crippen molar-refractivity contribution < 1.29 is 31.9 Å². The van der Waals surface area contributed by atoms with Gasteiger partial charge in [-0.25, -0.2) is 8.78 Å². The van der Waals surface area contributed by atoms with Crippen LogP contribution in [0.5, 0.6) is 0 Å². The van der Waals surface area contributed by atoms with Crippen LogP contribution in [0.15, 0.2) is 0 Å². The summed E-state index contributed by atoms with van der Waals surface area (Å²) in [5, 5.41) is 0. The van der Waals surface area contributed by atoms with E-state index in [4.69, 9.17) is 9.05 Å². The van der Waals surface area contributed by atoms with E-state index in [1.165, 1.54) is 20.8 Å². The van der Waals surface area contributed by atoms with Gasteiger partial charge >= 0.3 is 13.6 Å². The van der Waals surface area contributed by atoms with Crippen molar-refractivity contribution in [1.82, 2.24) is 0 Å². The molecular formula is C10H19F2O5P. The van der Waals surface area contributed by atoms with Gasteiger partial charge in [0.2, 0.25) is 6.43 Å². The maximum Gasteiger partial charge on any atom is 0.345 e. The minimum Gasteiger partial charge on any atom is -0.465 e. The second-order valence-electron chi connectivity index (χ2n) is 3.27. The largest absolute Gasteiger partial charge is 0.465 e. The normalized spacial score (nSPS) is 13.7. The molecule has 0 aromatic rings. The molecule has 1 atom stereocenters. The molecule has 0 aromatic heterocycles. The summed E-state index contributed by atoms with van der Waals surface area (Å²) in [7, 11) is -3.92. The number of esters is 1. The Hall–Kier alpha value is -0.520. The average molecular weight is 288 g/mol. The fourth-order valence-electron chi connectivity index (χ4n) is 1.34. The van der Waals surface area contributed by atoms with Crippen LogP contribution in [0.25, 0.3) is 0 Å². The van der Waals surface area contributed by atoms with Crippen molar-refractivity contribution in [3.8, 4) is 0 Å². The van der Waals surface area contributed by atoms with Crippen molar-refractivity contribution in [2.75, 3.05) is 19.8 Å². The zero-order valence-electron chi connectivity index (χ0n) is 10.7. The summed E-state index contributed by atoms with van der Waals surface area (Å²) in [6, 6.07) is 0. The Morgan fingerprint density at radius 1 is 1.11 bits per heavy atom. The SMILES string of the molecule is CCOC(=O)C(CC(F)F)P(=O)(OCC)OCC. The van der Waals surface area contributed by atoms with Crippen LogP contribution in [-0.2, 0) is 23.1 Å². The molecule has 0 heterocycles. The molecule has 0 aliphatic heterocycles. The van der Waals surface area contributed by atoms with E-state index in [1.807, 2.05) is 0 Å². The van der Waals surface area contributed by atoms with Gasteiger partial charge in [0.05, 0.1) is 19.8 Å². The maximum absolute atomic E-state index is 12.5. The highest BCUT2D eigenvalue weighted by atomic mass is 31.2. The Kier molecular flexibility index (Phi) is 8.31. The van der Waals surface area contributed by atoms with Gasteiger partial charge < -0.3 is 13.8 Å². The van der Waals surface area contributed by atoms with E-state index in [1.54, 1.807) is 0 Å². The van der Waals surface area contributed by atoms with E-state index < -0.39 is 32.1 Å². The molecule has 0 aliphatic rings. The molecule has 8 heteroatoms. The Morgan fingerprint density at radius 2 is 1.61 bits per heavy atom. The van der Waals surface area contributed by atoms with E-state index in [0.717, 1.165) is 0 Å². The molecule has 0 fully saturated rings. The molecule has 0 amide bonds. The number of rotatable bonds is 9. The van der Waals surface area contributed by atoms with E-state index in [2.05, 4.69) is 4.74 Å². The number of ether oxygens (including phenoxy) is 1. The maximum atomic E-state index is 12.5. The molecule has 0 bridgehead atoms. The summed E-state index contributed by atoms with van der Waals surface area (Å²) in [6.45, 7) is 4.61. The second-order valence-corrected chi connectivity index (χ2v) is 5.49. The first-order valence-electron chi connectivity index (χ1n) is 5.74. The van der Waals surface area contributed by atoms with Gasteiger partial charge in [-0.15, -0.1) is 0 Å². The minimum atomic E-state index is -3.92. The third-order valence-electron chi connectivity index (χ3n) is 1.96. The highest BCUT2D eigenvalue weighted by molar-refractivity contribution is 7.55. The van der Waals surface area contributed by atoms with E-state index in [9.17, 15) is 18.1 Å². The van der Waals surface area contributed by atoms with Crippen molar-refractivity contribution in [1.29, 1.82) is 0 Å². The quantitative estimate of drug-likeness (QED) is 0.482. The lowest BCUT2D eigenvalue weighted by atomic mass is 10.3. The molecule has 0 saturated heterocycles. The summed E-state index contributed by atoms with van der Waals surface area (Å²) >= 11 is 0. The molecular weight excluding hydrogens is 269 g/mol. The lowest BCUT2D eigenvalue weighted by Gasteiger charge is -2.24. The Bertz CT molecular complexity index is 288. The predicted molar refractivity (Wildman–Crippen MR) is 61.9 cm³/mol. The van der Waals surface area contributed by atoms with Crippen LogP contribution in [0.1, 0.15) is 27.2 Å². The van der Waals surface area contributed by atoms with Gasteiger partial charge in [0.25, 0.3) is 0 Å². The topological polar surface area (TPSA) is 61.8 Å². The Balaban J connectivity index is 5.09. The highest BCUT2D eigenvalue weighted by Gasteiger charge is 2.43. The van der Waals surface area contributed by atoms with Crippen molar-refractivity contribution in [3.63, 3.8) is 0 Å². The standard InChI is InChI=1S/C10H19F2O5P/c1-4-15-10(13)8(7-9(11)12)18(14,16-5-2)17-6-3/h8-9H,4-7H2,1-3H3. The second kappa shape index (κ2) is 8.56. The molecule has 1 unspecified atom stereocenters. The zero-order chi connectivity index (χ0) is 14.2. The van der Waals surface area contributed by atoms with Gasteiger partial charge in [0.15, 0.2) is 5.66 Å². The van der Waals surface area contributed by atoms with Crippen molar-refractivity contribution >= 4 is 13.6 Å². The summed E-state index contributed by atoms with van der Waals surface area (Å²) in [6.07, 6.45) is -3.70. The Morgan fingerprint density at radius 3 is 1.94 bits per heavy atom. The van der Waals surface area contributed by atoms with Crippen LogP contribution < -0.4 is 0 Å². The van der Waals surface area contributed by atoms with Crippen molar-refractivity contribution in [2.45, 2.75) is 39.3 Å². The first-order valence-corrected chi connectivity index (χ1v) is 7.35. The van der Waals surface area contributed by atoms with Crippen molar-refractivity contribution in [2.24, 2.45) is 0 Å². The van der Waals surface area contributed by atoms with Gasteiger partial charge in [0, 0.05) is 6.42 Å². The molecule has 0 saturated carbocycles. The van der Waals surface area contributed by atoms with Crippen LogP contribution >= 0.6 is 7.60 Å². The molecule has 0 rings (SSSR count). The summed E-state index contributed by atoms with van der Waals surface area (Å²) in [5.74, 6) is -0.983. The van der Waals surface area contributed by atoms with Gasteiger partial charge in [-0.2, -0.15) is 0 Å². The third-order valence-corrected chi connectivity index (χ3v) is 4.38. The number of carbonyl (C=O) groups is 1. The van der Waals surface area contributed by atoms with Gasteiger partial charge in [-0.05, 0) is 20.8 Å². The average Bonchev–Trinajstić information content (AvgIpc) is 2.26. The number of hydrogen-bond donors (Lipinski definition) is 0. The molecule has 0 spiro atoms.